The van der Waals surface area contributed by atoms with E-state index in [9.17, 15) is 4.79 Å². The minimum atomic E-state index is 0.200. The van der Waals surface area contributed by atoms with Crippen LogP contribution >= 0.6 is 0 Å². The monoisotopic (exact) mass is 269 g/mol. The maximum absolute atomic E-state index is 11.7. The van der Waals surface area contributed by atoms with Gasteiger partial charge in [0.2, 0.25) is 5.91 Å². The molecule has 0 rings (SSSR count). The van der Waals surface area contributed by atoms with Crippen LogP contribution in [0.4, 0.5) is 0 Å². The number of hydrogen-bond donors (Lipinski definition) is 0. The summed E-state index contributed by atoms with van der Waals surface area (Å²) in [5.74, 6) is 0.200. The van der Waals surface area contributed by atoms with E-state index in [1.807, 2.05) is 4.90 Å². The molecule has 3 heteroatoms. The molecule has 0 aliphatic heterocycles. The predicted octanol–water partition coefficient (Wildman–Crippen LogP) is 3.07. The zero-order valence-corrected chi connectivity index (χ0v) is 14.0. The fourth-order valence-electron chi connectivity index (χ4n) is 2.17. The molecule has 0 saturated carbocycles. The molecule has 0 saturated heterocycles. The van der Waals surface area contributed by atoms with Crippen molar-refractivity contribution in [1.82, 2.24) is 4.90 Å². The maximum Gasteiger partial charge on any atom is 0.219 e. The van der Waals surface area contributed by atoms with Crippen LogP contribution in [0.1, 0.15) is 47.0 Å². The Bertz CT molecular complexity index is 298. The van der Waals surface area contributed by atoms with Crippen molar-refractivity contribution >= 4 is 5.91 Å². The standard InChI is InChI=1S/C16H33N2O/c1-14(2)10-8-11-15(3)17(16(4)19)12-9-13-18(5,6)7/h10,15H,8-9,11-13H2,1-7H3/q+1. The Morgan fingerprint density at radius 1 is 1.21 bits per heavy atom. The lowest BCUT2D eigenvalue weighted by molar-refractivity contribution is -0.870. The summed E-state index contributed by atoms with van der Waals surface area (Å²) in [6.45, 7) is 10.1. The summed E-state index contributed by atoms with van der Waals surface area (Å²) in [6.07, 6.45) is 5.43. The van der Waals surface area contributed by atoms with Gasteiger partial charge in [-0.1, -0.05) is 11.6 Å². The summed E-state index contributed by atoms with van der Waals surface area (Å²) < 4.78 is 0.956. The SMILES string of the molecule is CC(=O)N(CCC[N+](C)(C)C)C(C)CCC=C(C)C. The van der Waals surface area contributed by atoms with Gasteiger partial charge in [0.25, 0.3) is 0 Å². The average molecular weight is 269 g/mol. The average Bonchev–Trinajstić information content (AvgIpc) is 2.21. The van der Waals surface area contributed by atoms with E-state index in [4.69, 9.17) is 0 Å². The number of carbonyl (C=O) groups is 1. The van der Waals surface area contributed by atoms with Crippen LogP contribution in [0.3, 0.4) is 0 Å². The lowest BCUT2D eigenvalue weighted by atomic mass is 10.1. The van der Waals surface area contributed by atoms with E-state index < -0.39 is 0 Å². The molecule has 0 aliphatic rings. The first-order valence-corrected chi connectivity index (χ1v) is 7.34. The summed E-state index contributed by atoms with van der Waals surface area (Å²) in [6, 6.07) is 0.334. The Kier molecular flexibility index (Phi) is 8.00. The second-order valence-corrected chi connectivity index (χ2v) is 6.79. The van der Waals surface area contributed by atoms with E-state index in [1.54, 1.807) is 6.92 Å². The highest BCUT2D eigenvalue weighted by Crippen LogP contribution is 2.10. The lowest BCUT2D eigenvalue weighted by Crippen LogP contribution is -2.41. The molecule has 0 aromatic heterocycles. The molecule has 19 heavy (non-hydrogen) atoms. The maximum atomic E-state index is 11.7. The van der Waals surface area contributed by atoms with Crippen LogP contribution in [0.25, 0.3) is 0 Å². The van der Waals surface area contributed by atoms with Crippen molar-refractivity contribution in [3.05, 3.63) is 11.6 Å². The van der Waals surface area contributed by atoms with Crippen LogP contribution in [-0.4, -0.2) is 55.6 Å². The third-order valence-electron chi connectivity index (χ3n) is 3.30. The van der Waals surface area contributed by atoms with Crippen LogP contribution in [0.15, 0.2) is 11.6 Å². The van der Waals surface area contributed by atoms with E-state index >= 15 is 0 Å². The van der Waals surface area contributed by atoms with Gasteiger partial charge >= 0.3 is 0 Å². The van der Waals surface area contributed by atoms with Gasteiger partial charge in [0, 0.05) is 25.9 Å². The van der Waals surface area contributed by atoms with Crippen molar-refractivity contribution in [3.63, 3.8) is 0 Å². The van der Waals surface area contributed by atoms with Gasteiger partial charge in [-0.25, -0.2) is 0 Å². The molecule has 0 fully saturated rings. The third kappa shape index (κ3) is 9.71. The number of nitrogens with zero attached hydrogens (tertiary/aromatic N) is 2. The second kappa shape index (κ2) is 8.36. The van der Waals surface area contributed by atoms with Gasteiger partial charge in [-0.3, -0.25) is 4.79 Å². The van der Waals surface area contributed by atoms with E-state index in [0.29, 0.717) is 6.04 Å². The van der Waals surface area contributed by atoms with Gasteiger partial charge in [0.05, 0.1) is 27.7 Å². The van der Waals surface area contributed by atoms with Crippen LogP contribution in [0.2, 0.25) is 0 Å². The summed E-state index contributed by atoms with van der Waals surface area (Å²) in [5.41, 5.74) is 1.35. The van der Waals surface area contributed by atoms with E-state index in [2.05, 4.69) is 48.0 Å². The van der Waals surface area contributed by atoms with Crippen molar-refractivity contribution in [2.45, 2.75) is 53.0 Å². The summed E-state index contributed by atoms with van der Waals surface area (Å²) in [4.78, 5) is 13.8. The first kappa shape index (κ1) is 18.2. The van der Waals surface area contributed by atoms with Crippen LogP contribution in [-0.2, 0) is 4.79 Å². The number of allylic oxidation sites excluding steroid dienone is 2. The molecular weight excluding hydrogens is 236 g/mol. The smallest absolute Gasteiger partial charge is 0.219 e. The molecular formula is C16H33N2O+. The highest BCUT2D eigenvalue weighted by atomic mass is 16.2. The van der Waals surface area contributed by atoms with Crippen LogP contribution in [0, 0.1) is 0 Å². The molecule has 0 spiro atoms. The quantitative estimate of drug-likeness (QED) is 0.490. The Balaban J connectivity index is 4.24. The zero-order valence-electron chi connectivity index (χ0n) is 14.0. The predicted molar refractivity (Wildman–Crippen MR) is 83.0 cm³/mol. The van der Waals surface area contributed by atoms with Crippen molar-refractivity contribution in [3.8, 4) is 0 Å². The number of amides is 1. The lowest BCUT2D eigenvalue weighted by Gasteiger charge is -2.30. The van der Waals surface area contributed by atoms with Gasteiger partial charge in [-0.2, -0.15) is 0 Å². The van der Waals surface area contributed by atoms with Crippen LogP contribution in [0.5, 0.6) is 0 Å². The first-order chi connectivity index (χ1) is 8.63. The van der Waals surface area contributed by atoms with Crippen molar-refractivity contribution in [2.75, 3.05) is 34.2 Å². The molecule has 0 aromatic rings. The zero-order chi connectivity index (χ0) is 15.1. The van der Waals surface area contributed by atoms with Crippen molar-refractivity contribution in [2.24, 2.45) is 0 Å². The minimum absolute atomic E-state index is 0.200. The number of rotatable bonds is 8. The molecule has 0 N–H and O–H groups in total. The fraction of sp³-hybridized carbons (Fsp3) is 0.812. The normalized spacial score (nSPS) is 13.0. The second-order valence-electron chi connectivity index (χ2n) is 6.79. The molecule has 0 aliphatic carbocycles. The topological polar surface area (TPSA) is 20.3 Å². The molecule has 0 heterocycles. The van der Waals surface area contributed by atoms with Gasteiger partial charge in [-0.05, 0) is 33.6 Å². The largest absolute Gasteiger partial charge is 0.340 e. The van der Waals surface area contributed by atoms with Crippen LogP contribution < -0.4 is 0 Å². The van der Waals surface area contributed by atoms with Gasteiger partial charge in [0.1, 0.15) is 0 Å². The summed E-state index contributed by atoms with van der Waals surface area (Å²) >= 11 is 0. The van der Waals surface area contributed by atoms with E-state index in [1.165, 1.54) is 5.57 Å². The summed E-state index contributed by atoms with van der Waals surface area (Å²) in [7, 11) is 6.57. The molecule has 0 radical (unpaired) electrons. The Morgan fingerprint density at radius 2 is 1.79 bits per heavy atom. The van der Waals surface area contributed by atoms with Gasteiger partial charge in [-0.15, -0.1) is 0 Å². The highest BCUT2D eigenvalue weighted by molar-refractivity contribution is 5.73. The number of hydrogen-bond acceptors (Lipinski definition) is 1. The fourth-order valence-corrected chi connectivity index (χ4v) is 2.17. The first-order valence-electron chi connectivity index (χ1n) is 7.34. The minimum Gasteiger partial charge on any atom is -0.340 e. The highest BCUT2D eigenvalue weighted by Gasteiger charge is 2.17. The van der Waals surface area contributed by atoms with E-state index in [-0.39, 0.29) is 5.91 Å². The molecule has 1 unspecified atom stereocenters. The molecule has 1 amide bonds. The van der Waals surface area contributed by atoms with Crippen molar-refractivity contribution < 1.29 is 9.28 Å². The van der Waals surface area contributed by atoms with Crippen molar-refractivity contribution in [1.29, 1.82) is 0 Å². The summed E-state index contributed by atoms with van der Waals surface area (Å²) in [5, 5.41) is 0. The number of carbonyl (C=O) groups excluding carboxylic acids is 1. The van der Waals surface area contributed by atoms with Gasteiger partial charge in [0.15, 0.2) is 0 Å². The molecule has 1 atom stereocenters. The molecule has 0 bridgehead atoms. The third-order valence-corrected chi connectivity index (χ3v) is 3.30. The van der Waals surface area contributed by atoms with Gasteiger partial charge < -0.3 is 9.38 Å². The molecule has 3 nitrogen and oxygen atoms in total. The Labute approximate surface area is 119 Å². The Hall–Kier alpha value is -0.830. The van der Waals surface area contributed by atoms with E-state index in [0.717, 1.165) is 36.8 Å². The molecule has 0 aromatic carbocycles. The Morgan fingerprint density at radius 3 is 2.21 bits per heavy atom. The number of quaternary nitrogens is 1. The molecule has 112 valence electrons.